The molecule has 0 radical (unpaired) electrons. The minimum Gasteiger partial charge on any atom is -0.495 e. The fourth-order valence-electron chi connectivity index (χ4n) is 5.19. The molecule has 9 heteroatoms. The molecule has 0 bridgehead atoms. The van der Waals surface area contributed by atoms with Crippen molar-refractivity contribution >= 4 is 23.6 Å². The molecule has 0 aromatic heterocycles. The summed E-state index contributed by atoms with van der Waals surface area (Å²) in [6, 6.07) is 4.97. The Hall–Kier alpha value is -4.01. The number of nitrogens with zero attached hydrogens (tertiary/aromatic N) is 1. The normalized spacial score (nSPS) is 25.7. The van der Waals surface area contributed by atoms with E-state index in [1.165, 1.54) is 7.11 Å². The van der Waals surface area contributed by atoms with Crippen LogP contribution in [0.3, 0.4) is 0 Å². The third-order valence-corrected chi connectivity index (χ3v) is 7.48. The van der Waals surface area contributed by atoms with Crippen LogP contribution in [-0.2, 0) is 20.7 Å². The van der Waals surface area contributed by atoms with Gasteiger partial charge in [-0.1, -0.05) is 43.4 Å². The average Bonchev–Trinajstić information content (AvgIpc) is 3.30. The minimum atomic E-state index is -0.851. The summed E-state index contributed by atoms with van der Waals surface area (Å²) in [4.78, 5) is 39.0. The Balaban J connectivity index is 1.34. The van der Waals surface area contributed by atoms with Gasteiger partial charge in [-0.15, -0.1) is 0 Å². The number of carbonyl (C=O) groups excluding carboxylic acids is 2. The molecule has 3 N–H and O–H groups in total. The lowest BCUT2D eigenvalue weighted by molar-refractivity contribution is -0.140. The standard InChI is InChI=1S/C30H37N3O6/c1-19-6-4-5-7-25(19)31-30(37)32-26-15-9-21(16-27(26)38-3)17-28(34)33-20(2)8-12-23(33)18-39-24-13-10-22(11-14-24)29(35)36/h4-7,9-10,13-16,19-20,22-23,25H,8,11-12,17-18H2,1-3H3,(H,35,36)(H2,31,32,37)/t19?,20-,22?,23-,25?/m0/s1. The molecule has 0 spiro atoms. The Labute approximate surface area is 229 Å². The zero-order valence-corrected chi connectivity index (χ0v) is 22.6. The van der Waals surface area contributed by atoms with Crippen LogP contribution in [0, 0.1) is 11.8 Å². The lowest BCUT2D eigenvalue weighted by Crippen LogP contribution is -2.43. The molecule has 9 nitrogen and oxygen atoms in total. The van der Waals surface area contributed by atoms with Gasteiger partial charge in [-0.25, -0.2) is 4.79 Å². The van der Waals surface area contributed by atoms with E-state index in [-0.39, 0.29) is 42.4 Å². The van der Waals surface area contributed by atoms with Gasteiger partial charge >= 0.3 is 12.0 Å². The predicted molar refractivity (Wildman–Crippen MR) is 148 cm³/mol. The molecular formula is C30H37N3O6. The molecule has 1 fully saturated rings. The van der Waals surface area contributed by atoms with Gasteiger partial charge in [0.2, 0.25) is 5.91 Å². The van der Waals surface area contributed by atoms with Crippen LogP contribution >= 0.6 is 0 Å². The summed E-state index contributed by atoms with van der Waals surface area (Å²) >= 11 is 0. The van der Waals surface area contributed by atoms with Crippen molar-refractivity contribution in [3.05, 3.63) is 72.1 Å². The van der Waals surface area contributed by atoms with Crippen molar-refractivity contribution < 1.29 is 29.0 Å². The van der Waals surface area contributed by atoms with Gasteiger partial charge in [0.25, 0.3) is 0 Å². The summed E-state index contributed by atoms with van der Waals surface area (Å²) in [5.41, 5.74) is 1.31. The Morgan fingerprint density at radius 3 is 2.59 bits per heavy atom. The molecule has 1 aromatic carbocycles. The maximum atomic E-state index is 13.4. The van der Waals surface area contributed by atoms with Crippen molar-refractivity contribution in [3.63, 3.8) is 0 Å². The summed E-state index contributed by atoms with van der Waals surface area (Å²) < 4.78 is 11.5. The van der Waals surface area contributed by atoms with Gasteiger partial charge in [0.05, 0.1) is 37.2 Å². The molecule has 0 saturated carbocycles. The van der Waals surface area contributed by atoms with Gasteiger partial charge in [0.15, 0.2) is 0 Å². The quantitative estimate of drug-likeness (QED) is 0.431. The lowest BCUT2D eigenvalue weighted by atomic mass is 9.97. The van der Waals surface area contributed by atoms with E-state index in [0.717, 1.165) is 18.4 Å². The molecular weight excluding hydrogens is 498 g/mol. The molecule has 1 heterocycles. The fraction of sp³-hybridized carbons (Fsp3) is 0.433. The second-order valence-corrected chi connectivity index (χ2v) is 10.3. The molecule has 3 aliphatic rings. The molecule has 208 valence electrons. The molecule has 3 amide bonds. The number of hydrogen-bond donors (Lipinski definition) is 3. The number of methoxy groups -OCH3 is 1. The molecule has 1 saturated heterocycles. The van der Waals surface area contributed by atoms with E-state index in [2.05, 4.69) is 10.6 Å². The summed E-state index contributed by atoms with van der Waals surface area (Å²) in [7, 11) is 1.53. The molecule has 5 atom stereocenters. The largest absolute Gasteiger partial charge is 0.495 e. The van der Waals surface area contributed by atoms with Crippen molar-refractivity contribution in [2.75, 3.05) is 19.0 Å². The van der Waals surface area contributed by atoms with Gasteiger partial charge in [-0.2, -0.15) is 0 Å². The average molecular weight is 536 g/mol. The van der Waals surface area contributed by atoms with Crippen molar-refractivity contribution in [2.45, 2.75) is 57.7 Å². The number of carboxylic acid groups (broad SMARTS) is 1. The van der Waals surface area contributed by atoms with E-state index >= 15 is 0 Å². The van der Waals surface area contributed by atoms with E-state index < -0.39 is 11.9 Å². The number of rotatable bonds is 9. The molecule has 1 aliphatic heterocycles. The van der Waals surface area contributed by atoms with Crippen molar-refractivity contribution in [3.8, 4) is 5.75 Å². The highest BCUT2D eigenvalue weighted by Crippen LogP contribution is 2.29. The predicted octanol–water partition coefficient (Wildman–Crippen LogP) is 4.43. The van der Waals surface area contributed by atoms with Crippen molar-refractivity contribution in [2.24, 2.45) is 11.8 Å². The number of urea groups is 1. The Kier molecular flexibility index (Phi) is 9.11. The molecule has 39 heavy (non-hydrogen) atoms. The summed E-state index contributed by atoms with van der Waals surface area (Å²) in [5, 5.41) is 14.9. The number of amides is 3. The number of benzene rings is 1. The number of ether oxygens (including phenoxy) is 2. The third-order valence-electron chi connectivity index (χ3n) is 7.48. The second kappa shape index (κ2) is 12.7. The van der Waals surface area contributed by atoms with Crippen LogP contribution in [0.25, 0.3) is 0 Å². The number of anilines is 1. The zero-order valence-electron chi connectivity index (χ0n) is 22.6. The Bertz CT molecular complexity index is 1200. The zero-order chi connectivity index (χ0) is 27.9. The first kappa shape index (κ1) is 28.0. The number of carbonyl (C=O) groups is 3. The third kappa shape index (κ3) is 7.10. The number of allylic oxidation sites excluding steroid dienone is 4. The first-order valence-corrected chi connectivity index (χ1v) is 13.4. The van der Waals surface area contributed by atoms with Crippen LogP contribution in [0.1, 0.15) is 38.7 Å². The van der Waals surface area contributed by atoms with Gasteiger partial charge in [0.1, 0.15) is 18.1 Å². The van der Waals surface area contributed by atoms with Crippen molar-refractivity contribution in [1.82, 2.24) is 10.2 Å². The summed E-state index contributed by atoms with van der Waals surface area (Å²) in [6.45, 7) is 4.44. The van der Waals surface area contributed by atoms with Gasteiger partial charge < -0.3 is 30.1 Å². The van der Waals surface area contributed by atoms with E-state index in [0.29, 0.717) is 30.2 Å². The first-order valence-electron chi connectivity index (χ1n) is 13.4. The Morgan fingerprint density at radius 2 is 1.90 bits per heavy atom. The first-order chi connectivity index (χ1) is 18.7. The van der Waals surface area contributed by atoms with Crippen molar-refractivity contribution in [1.29, 1.82) is 0 Å². The number of carboxylic acids is 1. The fourth-order valence-corrected chi connectivity index (χ4v) is 5.19. The highest BCUT2D eigenvalue weighted by molar-refractivity contribution is 5.91. The van der Waals surface area contributed by atoms with Crippen LogP contribution in [0.5, 0.6) is 5.75 Å². The number of aliphatic carboxylic acids is 1. The monoisotopic (exact) mass is 535 g/mol. The summed E-state index contributed by atoms with van der Waals surface area (Å²) in [5.74, 6) is -0.0621. The Morgan fingerprint density at radius 1 is 1.10 bits per heavy atom. The van der Waals surface area contributed by atoms with Crippen LogP contribution in [0.15, 0.2) is 66.5 Å². The molecule has 2 aliphatic carbocycles. The smallest absolute Gasteiger partial charge is 0.319 e. The maximum absolute atomic E-state index is 13.4. The van der Waals surface area contributed by atoms with E-state index in [1.54, 1.807) is 30.4 Å². The SMILES string of the molecule is COc1cc(CC(=O)N2[C@H](COC3=CCC(C(=O)O)C=C3)CC[C@@H]2C)ccc1NC(=O)NC1C=CC=CC1C. The highest BCUT2D eigenvalue weighted by atomic mass is 16.5. The van der Waals surface area contributed by atoms with Crippen LogP contribution in [-0.4, -0.2) is 59.8 Å². The molecule has 3 unspecified atom stereocenters. The van der Waals surface area contributed by atoms with Gasteiger partial charge in [-0.05, 0) is 62.0 Å². The number of likely N-dealkylation sites (tertiary alicyclic amines) is 1. The number of nitrogens with one attached hydrogen (secondary N) is 2. The highest BCUT2D eigenvalue weighted by Gasteiger charge is 2.35. The molecule has 1 aromatic rings. The van der Waals surface area contributed by atoms with Crippen LogP contribution in [0.4, 0.5) is 10.5 Å². The lowest BCUT2D eigenvalue weighted by Gasteiger charge is -2.29. The minimum absolute atomic E-state index is 0.000611. The molecule has 4 rings (SSSR count). The van der Waals surface area contributed by atoms with Crippen LogP contribution in [0.2, 0.25) is 0 Å². The second-order valence-electron chi connectivity index (χ2n) is 10.3. The van der Waals surface area contributed by atoms with Crippen LogP contribution < -0.4 is 15.4 Å². The van der Waals surface area contributed by atoms with Gasteiger partial charge in [-0.3, -0.25) is 9.59 Å². The van der Waals surface area contributed by atoms with E-state index in [9.17, 15) is 14.4 Å². The van der Waals surface area contributed by atoms with E-state index in [4.69, 9.17) is 14.6 Å². The van der Waals surface area contributed by atoms with E-state index in [1.807, 2.05) is 49.1 Å². The number of hydrogen-bond acceptors (Lipinski definition) is 5. The van der Waals surface area contributed by atoms with Gasteiger partial charge in [0, 0.05) is 6.04 Å². The maximum Gasteiger partial charge on any atom is 0.319 e. The summed E-state index contributed by atoms with van der Waals surface area (Å²) in [6.07, 6.45) is 15.3. The topological polar surface area (TPSA) is 117 Å².